The third kappa shape index (κ3) is 5.93. The SMILES string of the molecule is COc1cccc2[nH]c(C(=O)N3CC4(CC3C(=O)NC(CC3CCCNC3=O)C(=O)C(=O)NCc3ccccc3)CC4(F)F)cc12. The van der Waals surface area contributed by atoms with Gasteiger partial charge in [-0.3, -0.25) is 24.0 Å². The van der Waals surface area contributed by atoms with Gasteiger partial charge in [-0.25, -0.2) is 8.78 Å². The molecule has 2 saturated heterocycles. The summed E-state index contributed by atoms with van der Waals surface area (Å²) >= 11 is 0. The number of methoxy groups -OCH3 is 1. The number of halogens is 2. The van der Waals surface area contributed by atoms with Crippen molar-refractivity contribution in [3.8, 4) is 5.75 Å². The van der Waals surface area contributed by atoms with Crippen LogP contribution in [0, 0.1) is 11.3 Å². The van der Waals surface area contributed by atoms with Crippen molar-refractivity contribution in [2.24, 2.45) is 11.3 Å². The summed E-state index contributed by atoms with van der Waals surface area (Å²) in [7, 11) is 1.49. The number of ketones is 1. The summed E-state index contributed by atoms with van der Waals surface area (Å²) in [4.78, 5) is 70.8. The second-order valence-electron chi connectivity index (χ2n) is 12.4. The molecule has 0 radical (unpaired) electrons. The van der Waals surface area contributed by atoms with Crippen molar-refractivity contribution >= 4 is 40.3 Å². The number of alkyl halides is 2. The number of aromatic nitrogens is 1. The predicted molar refractivity (Wildman–Crippen MR) is 162 cm³/mol. The summed E-state index contributed by atoms with van der Waals surface area (Å²) in [6.07, 6.45) is 0.166. The van der Waals surface area contributed by atoms with E-state index in [-0.39, 0.29) is 37.5 Å². The molecule has 2 aromatic carbocycles. The molecule has 3 aliphatic rings. The first-order valence-electron chi connectivity index (χ1n) is 15.3. The topological polar surface area (TPSA) is 150 Å². The Labute approximate surface area is 263 Å². The summed E-state index contributed by atoms with van der Waals surface area (Å²) < 4.78 is 34.7. The summed E-state index contributed by atoms with van der Waals surface area (Å²) in [5, 5.41) is 8.48. The lowest BCUT2D eigenvalue weighted by atomic mass is 9.89. The molecule has 6 rings (SSSR count). The first-order valence-corrected chi connectivity index (χ1v) is 15.3. The van der Waals surface area contributed by atoms with E-state index in [1.165, 1.54) is 7.11 Å². The van der Waals surface area contributed by atoms with Gasteiger partial charge in [0.2, 0.25) is 17.6 Å². The van der Waals surface area contributed by atoms with Gasteiger partial charge in [-0.2, -0.15) is 0 Å². The maximum atomic E-state index is 14.7. The van der Waals surface area contributed by atoms with Gasteiger partial charge >= 0.3 is 0 Å². The molecule has 4 amide bonds. The summed E-state index contributed by atoms with van der Waals surface area (Å²) in [5.41, 5.74) is -0.136. The molecule has 2 aliphatic heterocycles. The number of rotatable bonds is 10. The minimum absolute atomic E-state index is 0.0633. The highest BCUT2D eigenvalue weighted by atomic mass is 19.3. The Morgan fingerprint density at radius 1 is 1.11 bits per heavy atom. The average molecular weight is 636 g/mol. The first kappa shape index (κ1) is 31.2. The molecule has 11 nitrogen and oxygen atoms in total. The maximum Gasteiger partial charge on any atom is 0.289 e. The molecular formula is C33H35F2N5O6. The van der Waals surface area contributed by atoms with Crippen LogP contribution in [0.5, 0.6) is 5.75 Å². The summed E-state index contributed by atoms with van der Waals surface area (Å²) in [6, 6.07) is 12.9. The fourth-order valence-electron chi connectivity index (χ4n) is 6.65. The molecule has 4 atom stereocenters. The number of likely N-dealkylation sites (tertiary alicyclic amines) is 1. The number of carbonyl (C=O) groups excluding carboxylic acids is 5. The number of carbonyl (C=O) groups is 5. The average Bonchev–Trinajstić information content (AvgIpc) is 3.38. The molecule has 242 valence electrons. The van der Waals surface area contributed by atoms with Crippen LogP contribution in [-0.2, 0) is 25.7 Å². The molecule has 1 spiro atoms. The van der Waals surface area contributed by atoms with Crippen LogP contribution in [0.1, 0.15) is 48.2 Å². The lowest BCUT2D eigenvalue weighted by Crippen LogP contribution is -2.54. The van der Waals surface area contributed by atoms with Gasteiger partial charge in [0.15, 0.2) is 0 Å². The third-order valence-electron chi connectivity index (χ3n) is 9.35. The van der Waals surface area contributed by atoms with Gasteiger partial charge in [0, 0.05) is 42.9 Å². The van der Waals surface area contributed by atoms with E-state index >= 15 is 0 Å². The van der Waals surface area contributed by atoms with E-state index in [1.54, 1.807) is 48.5 Å². The van der Waals surface area contributed by atoms with Crippen LogP contribution < -0.4 is 20.7 Å². The summed E-state index contributed by atoms with van der Waals surface area (Å²) in [5.74, 6) is -6.92. The van der Waals surface area contributed by atoms with Crippen LogP contribution in [-0.4, -0.2) is 77.5 Å². The lowest BCUT2D eigenvalue weighted by molar-refractivity contribution is -0.141. The fraction of sp³-hybridized carbons (Fsp3) is 0.424. The van der Waals surface area contributed by atoms with Crippen LogP contribution in [0.15, 0.2) is 54.6 Å². The number of hydrogen-bond donors (Lipinski definition) is 4. The molecule has 0 bridgehead atoms. The highest BCUT2D eigenvalue weighted by Gasteiger charge is 2.75. The zero-order chi connectivity index (χ0) is 32.6. The van der Waals surface area contributed by atoms with Crippen molar-refractivity contribution < 1.29 is 37.5 Å². The van der Waals surface area contributed by atoms with Crippen LogP contribution in [0.2, 0.25) is 0 Å². The summed E-state index contributed by atoms with van der Waals surface area (Å²) in [6.45, 7) is 0.186. The van der Waals surface area contributed by atoms with Crippen molar-refractivity contribution in [1.82, 2.24) is 25.8 Å². The quantitative estimate of drug-likeness (QED) is 0.252. The van der Waals surface area contributed by atoms with Crippen molar-refractivity contribution in [1.29, 1.82) is 0 Å². The second-order valence-corrected chi connectivity index (χ2v) is 12.4. The molecule has 4 unspecified atom stereocenters. The third-order valence-corrected chi connectivity index (χ3v) is 9.35. The number of aromatic amines is 1. The molecule has 3 fully saturated rings. The number of nitrogens with one attached hydrogen (secondary N) is 4. The van der Waals surface area contributed by atoms with Crippen molar-refractivity contribution in [2.75, 3.05) is 20.2 Å². The van der Waals surface area contributed by atoms with Crippen LogP contribution >= 0.6 is 0 Å². The maximum absolute atomic E-state index is 14.7. The molecule has 3 aromatic rings. The number of fused-ring (bicyclic) bond motifs is 1. The molecule has 1 saturated carbocycles. The van der Waals surface area contributed by atoms with Crippen molar-refractivity contribution in [2.45, 2.75) is 56.7 Å². The van der Waals surface area contributed by atoms with Crippen LogP contribution in [0.25, 0.3) is 10.9 Å². The number of amides is 4. The zero-order valence-corrected chi connectivity index (χ0v) is 25.2. The van der Waals surface area contributed by atoms with Gasteiger partial charge < -0.3 is 30.6 Å². The van der Waals surface area contributed by atoms with Gasteiger partial charge in [-0.1, -0.05) is 36.4 Å². The Balaban J connectivity index is 1.24. The Kier molecular flexibility index (Phi) is 8.26. The number of piperidine rings is 1. The minimum Gasteiger partial charge on any atom is -0.496 e. The monoisotopic (exact) mass is 635 g/mol. The van der Waals surface area contributed by atoms with E-state index < -0.39 is 59.3 Å². The van der Waals surface area contributed by atoms with Gasteiger partial charge in [-0.05, 0) is 49.4 Å². The highest BCUT2D eigenvalue weighted by molar-refractivity contribution is 6.38. The van der Waals surface area contributed by atoms with E-state index in [0.717, 1.165) is 10.5 Å². The second kappa shape index (κ2) is 12.2. The number of nitrogens with zero attached hydrogens (tertiary/aromatic N) is 1. The number of hydrogen-bond acceptors (Lipinski definition) is 6. The van der Waals surface area contributed by atoms with Gasteiger partial charge in [0.1, 0.15) is 17.5 Å². The fourth-order valence-corrected chi connectivity index (χ4v) is 6.65. The van der Waals surface area contributed by atoms with E-state index in [9.17, 15) is 32.8 Å². The Bertz CT molecular complexity index is 1690. The van der Waals surface area contributed by atoms with Gasteiger partial charge in [0.05, 0.1) is 18.6 Å². The zero-order valence-electron chi connectivity index (χ0n) is 25.2. The molecular weight excluding hydrogens is 600 g/mol. The Hall–Kier alpha value is -4.81. The smallest absolute Gasteiger partial charge is 0.289 e. The normalized spacial score (nSPS) is 23.9. The molecule has 1 aliphatic carbocycles. The Morgan fingerprint density at radius 2 is 1.87 bits per heavy atom. The molecule has 4 N–H and O–H groups in total. The standard InChI is InChI=1S/C33H35F2N5O6/c1-46-26-11-5-10-22-21(26)14-24(38-22)31(45)40-18-32(17-33(32,34)35)15-25(40)29(43)39-23(13-20-9-6-12-36-28(20)42)27(41)30(44)37-16-19-7-3-2-4-8-19/h2-5,7-8,10-11,14,20,23,25,38H,6,9,12-13,15-18H2,1H3,(H,36,42)(H,37,44)(H,39,43). The van der Waals surface area contributed by atoms with E-state index in [0.29, 0.717) is 36.0 Å². The van der Waals surface area contributed by atoms with E-state index in [2.05, 4.69) is 20.9 Å². The number of benzene rings is 2. The molecule has 46 heavy (non-hydrogen) atoms. The molecule has 1 aromatic heterocycles. The van der Waals surface area contributed by atoms with Crippen LogP contribution in [0.3, 0.4) is 0 Å². The number of Topliss-reactive ketones (excluding diaryl/α,β-unsaturated/α-hetero) is 1. The number of H-pyrrole nitrogens is 1. The van der Waals surface area contributed by atoms with Crippen molar-refractivity contribution in [3.05, 3.63) is 65.9 Å². The largest absolute Gasteiger partial charge is 0.496 e. The van der Waals surface area contributed by atoms with E-state index in [1.807, 2.05) is 6.07 Å². The van der Waals surface area contributed by atoms with Gasteiger partial charge in [0.25, 0.3) is 17.7 Å². The minimum atomic E-state index is -3.06. The lowest BCUT2D eigenvalue weighted by Gasteiger charge is -2.28. The Morgan fingerprint density at radius 3 is 2.57 bits per heavy atom. The van der Waals surface area contributed by atoms with Gasteiger partial charge in [-0.15, -0.1) is 0 Å². The highest BCUT2D eigenvalue weighted by Crippen LogP contribution is 2.66. The molecule has 3 heterocycles. The molecule has 13 heteroatoms. The van der Waals surface area contributed by atoms with Crippen molar-refractivity contribution in [3.63, 3.8) is 0 Å². The van der Waals surface area contributed by atoms with E-state index in [4.69, 9.17) is 4.74 Å². The first-order chi connectivity index (χ1) is 22.0. The number of ether oxygens (including phenoxy) is 1. The predicted octanol–water partition coefficient (Wildman–Crippen LogP) is 2.70. The van der Waals surface area contributed by atoms with Crippen LogP contribution in [0.4, 0.5) is 8.78 Å².